The second-order valence-corrected chi connectivity index (χ2v) is 2.88. The molecule has 0 radical (unpaired) electrons. The quantitative estimate of drug-likeness (QED) is 0.781. The summed E-state index contributed by atoms with van der Waals surface area (Å²) in [6.07, 6.45) is 1.53. The van der Waals surface area contributed by atoms with Gasteiger partial charge in [-0.15, -0.1) is 0 Å². The Balaban J connectivity index is 2.24. The Morgan fingerprint density at radius 2 is 2.07 bits per heavy atom. The number of urea groups is 1. The van der Waals surface area contributed by atoms with Crippen LogP contribution in [0.1, 0.15) is 0 Å². The minimum atomic E-state index is -0.698. The van der Waals surface area contributed by atoms with Crippen LogP contribution in [-0.2, 0) is 0 Å². The number of nitrogens with zero attached hydrogens (tertiary/aromatic N) is 1. The Morgan fingerprint density at radius 1 is 1.33 bits per heavy atom. The van der Waals surface area contributed by atoms with E-state index in [1.54, 1.807) is 0 Å². The lowest BCUT2D eigenvalue weighted by molar-refractivity contribution is 0.258. The predicted octanol–water partition coefficient (Wildman–Crippen LogP) is 1.83. The van der Waals surface area contributed by atoms with Crippen LogP contribution in [0.15, 0.2) is 40.9 Å². The highest BCUT2D eigenvalue weighted by atomic mass is 16.4. The van der Waals surface area contributed by atoms with Crippen LogP contribution in [0.5, 0.6) is 0 Å². The molecule has 2 amide bonds. The number of rotatable bonds is 2. The Morgan fingerprint density at radius 3 is 2.73 bits per heavy atom. The highest BCUT2D eigenvalue weighted by Crippen LogP contribution is 2.21. The average molecular weight is 203 g/mol. The summed E-state index contributed by atoms with van der Waals surface area (Å²) in [6.45, 7) is 0. The standard InChI is InChI=1S/C10H9N3O2/c11-9(14)13-10-12-6-8(15-10)7-4-2-1-3-5-7/h1-6H,(H3,11,12,13,14). The third-order valence-electron chi connectivity index (χ3n) is 1.79. The molecule has 0 unspecified atom stereocenters. The van der Waals surface area contributed by atoms with Gasteiger partial charge < -0.3 is 10.2 Å². The number of nitrogens with one attached hydrogen (secondary N) is 1. The summed E-state index contributed by atoms with van der Waals surface area (Å²) in [4.78, 5) is 14.4. The van der Waals surface area contributed by atoms with Crippen molar-refractivity contribution in [2.24, 2.45) is 5.73 Å². The first-order valence-corrected chi connectivity index (χ1v) is 4.33. The van der Waals surface area contributed by atoms with Gasteiger partial charge in [-0.2, -0.15) is 0 Å². The van der Waals surface area contributed by atoms with E-state index in [4.69, 9.17) is 10.2 Å². The zero-order valence-corrected chi connectivity index (χ0v) is 7.81. The van der Waals surface area contributed by atoms with Crippen molar-refractivity contribution >= 4 is 12.0 Å². The highest BCUT2D eigenvalue weighted by molar-refractivity contribution is 5.85. The van der Waals surface area contributed by atoms with Crippen LogP contribution >= 0.6 is 0 Å². The molecule has 3 N–H and O–H groups in total. The monoisotopic (exact) mass is 203 g/mol. The maximum Gasteiger partial charge on any atom is 0.320 e. The van der Waals surface area contributed by atoms with E-state index in [1.807, 2.05) is 30.3 Å². The number of nitrogens with two attached hydrogens (primary N) is 1. The highest BCUT2D eigenvalue weighted by Gasteiger charge is 2.06. The molecule has 1 aromatic carbocycles. The lowest BCUT2D eigenvalue weighted by Crippen LogP contribution is -2.19. The van der Waals surface area contributed by atoms with Gasteiger partial charge in [0.2, 0.25) is 0 Å². The number of primary amides is 1. The molecule has 1 aromatic heterocycles. The van der Waals surface area contributed by atoms with Gasteiger partial charge in [0.05, 0.1) is 6.20 Å². The topological polar surface area (TPSA) is 81.2 Å². The van der Waals surface area contributed by atoms with Crippen LogP contribution in [0.2, 0.25) is 0 Å². The SMILES string of the molecule is NC(=O)Nc1ncc(-c2ccccc2)o1. The molecule has 0 aliphatic carbocycles. The number of carbonyl (C=O) groups is 1. The van der Waals surface area contributed by atoms with E-state index in [9.17, 15) is 4.79 Å². The lowest BCUT2D eigenvalue weighted by atomic mass is 10.2. The number of carbonyl (C=O) groups excluding carboxylic acids is 1. The van der Waals surface area contributed by atoms with Crippen molar-refractivity contribution in [3.05, 3.63) is 36.5 Å². The van der Waals surface area contributed by atoms with Gasteiger partial charge >= 0.3 is 12.0 Å². The van der Waals surface area contributed by atoms with Crippen LogP contribution in [-0.4, -0.2) is 11.0 Å². The van der Waals surface area contributed by atoms with E-state index >= 15 is 0 Å². The van der Waals surface area contributed by atoms with Gasteiger partial charge in [-0.25, -0.2) is 9.78 Å². The van der Waals surface area contributed by atoms with Crippen LogP contribution in [0.25, 0.3) is 11.3 Å². The molecular weight excluding hydrogens is 194 g/mol. The number of hydrogen-bond acceptors (Lipinski definition) is 3. The summed E-state index contributed by atoms with van der Waals surface area (Å²) in [5.74, 6) is 0.583. The van der Waals surface area contributed by atoms with Crippen LogP contribution in [0.4, 0.5) is 10.8 Å². The smallest absolute Gasteiger partial charge is 0.320 e. The number of amides is 2. The van der Waals surface area contributed by atoms with Crippen molar-refractivity contribution in [3.63, 3.8) is 0 Å². The summed E-state index contributed by atoms with van der Waals surface area (Å²) < 4.78 is 5.26. The summed E-state index contributed by atoms with van der Waals surface area (Å²) in [6, 6.07) is 8.85. The van der Waals surface area contributed by atoms with Crippen molar-refractivity contribution in [1.82, 2.24) is 4.98 Å². The minimum Gasteiger partial charge on any atom is -0.423 e. The van der Waals surface area contributed by atoms with Gasteiger partial charge in [-0.05, 0) is 0 Å². The molecule has 0 bridgehead atoms. The first-order valence-electron chi connectivity index (χ1n) is 4.33. The Labute approximate surface area is 85.9 Å². The van der Waals surface area contributed by atoms with Crippen molar-refractivity contribution in [2.45, 2.75) is 0 Å². The summed E-state index contributed by atoms with van der Waals surface area (Å²) in [7, 11) is 0. The molecule has 0 fully saturated rings. The summed E-state index contributed by atoms with van der Waals surface area (Å²) in [5.41, 5.74) is 5.81. The van der Waals surface area contributed by atoms with Crippen LogP contribution in [0, 0.1) is 0 Å². The lowest BCUT2D eigenvalue weighted by Gasteiger charge is -1.95. The fraction of sp³-hybridized carbons (Fsp3) is 0. The number of hydrogen-bond donors (Lipinski definition) is 2. The molecule has 5 nitrogen and oxygen atoms in total. The van der Waals surface area contributed by atoms with E-state index in [2.05, 4.69) is 10.3 Å². The minimum absolute atomic E-state index is 0.0985. The molecule has 76 valence electrons. The van der Waals surface area contributed by atoms with Crippen molar-refractivity contribution in [3.8, 4) is 11.3 Å². The predicted molar refractivity (Wildman–Crippen MR) is 55.1 cm³/mol. The number of oxazole rings is 1. The number of benzene rings is 1. The largest absolute Gasteiger partial charge is 0.423 e. The molecule has 0 atom stereocenters. The van der Waals surface area contributed by atoms with Crippen LogP contribution in [0.3, 0.4) is 0 Å². The average Bonchev–Trinajstić information content (AvgIpc) is 2.67. The van der Waals surface area contributed by atoms with Gasteiger partial charge in [0.1, 0.15) is 0 Å². The second-order valence-electron chi connectivity index (χ2n) is 2.88. The van der Waals surface area contributed by atoms with Crippen molar-refractivity contribution in [2.75, 3.05) is 5.32 Å². The fourth-order valence-corrected chi connectivity index (χ4v) is 1.17. The van der Waals surface area contributed by atoms with E-state index in [-0.39, 0.29) is 6.01 Å². The fourth-order valence-electron chi connectivity index (χ4n) is 1.17. The summed E-state index contributed by atoms with van der Waals surface area (Å²) in [5, 5.41) is 2.26. The van der Waals surface area contributed by atoms with Gasteiger partial charge in [0, 0.05) is 5.56 Å². The number of anilines is 1. The third kappa shape index (κ3) is 2.14. The zero-order valence-electron chi connectivity index (χ0n) is 7.81. The molecule has 0 spiro atoms. The van der Waals surface area contributed by atoms with E-state index in [0.717, 1.165) is 5.56 Å². The number of aromatic nitrogens is 1. The maximum absolute atomic E-state index is 10.5. The van der Waals surface area contributed by atoms with Crippen molar-refractivity contribution in [1.29, 1.82) is 0 Å². The molecule has 0 saturated heterocycles. The molecule has 0 aliphatic heterocycles. The normalized spacial score (nSPS) is 9.87. The van der Waals surface area contributed by atoms with Crippen molar-refractivity contribution < 1.29 is 9.21 Å². The zero-order chi connectivity index (χ0) is 10.7. The maximum atomic E-state index is 10.5. The molecule has 0 saturated carbocycles. The van der Waals surface area contributed by atoms with E-state index in [1.165, 1.54) is 6.20 Å². The van der Waals surface area contributed by atoms with Gasteiger partial charge in [-0.1, -0.05) is 30.3 Å². The Kier molecular flexibility index (Phi) is 2.37. The molecular formula is C10H9N3O2. The molecule has 1 heterocycles. The Hall–Kier alpha value is -2.30. The first-order chi connectivity index (χ1) is 7.25. The molecule has 15 heavy (non-hydrogen) atoms. The molecule has 5 heteroatoms. The van der Waals surface area contributed by atoms with Gasteiger partial charge in [0.15, 0.2) is 5.76 Å². The van der Waals surface area contributed by atoms with E-state index < -0.39 is 6.03 Å². The van der Waals surface area contributed by atoms with Gasteiger partial charge in [-0.3, -0.25) is 5.32 Å². The molecule has 2 aromatic rings. The molecule has 2 rings (SSSR count). The van der Waals surface area contributed by atoms with Gasteiger partial charge in [0.25, 0.3) is 0 Å². The summed E-state index contributed by atoms with van der Waals surface area (Å²) >= 11 is 0. The van der Waals surface area contributed by atoms with Crippen LogP contribution < -0.4 is 11.1 Å². The third-order valence-corrected chi connectivity index (χ3v) is 1.79. The van der Waals surface area contributed by atoms with E-state index in [0.29, 0.717) is 5.76 Å². The first kappa shape index (κ1) is 9.26. The second kappa shape index (κ2) is 3.83. The Bertz CT molecular complexity index is 465. The molecule has 0 aliphatic rings.